The van der Waals surface area contributed by atoms with Gasteiger partial charge in [0, 0.05) is 12.2 Å². The van der Waals surface area contributed by atoms with E-state index in [1.54, 1.807) is 0 Å². The van der Waals surface area contributed by atoms with E-state index in [-0.39, 0.29) is 29.6 Å². The Morgan fingerprint density at radius 3 is 1.77 bits per heavy atom. The molecule has 0 aliphatic heterocycles. The van der Waals surface area contributed by atoms with Gasteiger partial charge in [-0.1, -0.05) is 11.1 Å². The molecule has 0 spiro atoms. The Morgan fingerprint density at radius 1 is 1.15 bits per heavy atom. The summed E-state index contributed by atoms with van der Waals surface area (Å²) >= 11 is -2.88. The number of halogens is 5. The van der Waals surface area contributed by atoms with Crippen molar-refractivity contribution < 1.29 is 60.3 Å². The minimum Gasteiger partial charge on any atom is -0.772 e. The predicted octanol–water partition coefficient (Wildman–Crippen LogP) is -1.54. The van der Waals surface area contributed by atoms with Gasteiger partial charge in [-0.3, -0.25) is 4.21 Å². The first-order valence-electron chi connectivity index (χ1n) is 2.67. The van der Waals surface area contributed by atoms with Crippen molar-refractivity contribution in [3.63, 3.8) is 0 Å². The molecule has 1 atom stereocenters. The summed E-state index contributed by atoms with van der Waals surface area (Å²) in [5.74, 6) is -6.13. The SMILES string of the molecule is O=S([O-])CCC(F)(F)C(F)(F)F.[Na+]. The summed E-state index contributed by atoms with van der Waals surface area (Å²) in [5, 5.41) is 0. The third-order valence-electron chi connectivity index (χ3n) is 0.997. The smallest absolute Gasteiger partial charge is 0.772 e. The first-order valence-corrected chi connectivity index (χ1v) is 3.91. The molecule has 0 amide bonds. The topological polar surface area (TPSA) is 40.1 Å². The van der Waals surface area contributed by atoms with Crippen molar-refractivity contribution in [3.05, 3.63) is 0 Å². The van der Waals surface area contributed by atoms with Crippen LogP contribution in [-0.2, 0) is 11.1 Å². The molecule has 9 heteroatoms. The van der Waals surface area contributed by atoms with Crippen molar-refractivity contribution in [1.82, 2.24) is 0 Å². The van der Waals surface area contributed by atoms with E-state index in [4.69, 9.17) is 0 Å². The molecule has 0 N–H and O–H groups in total. The number of hydrogen-bond acceptors (Lipinski definition) is 2. The summed E-state index contributed by atoms with van der Waals surface area (Å²) in [6.07, 6.45) is -7.40. The molecular formula is C4H4F5NaO2S. The maximum absolute atomic E-state index is 11.9. The molecule has 0 radical (unpaired) electrons. The van der Waals surface area contributed by atoms with E-state index in [2.05, 4.69) is 0 Å². The largest absolute Gasteiger partial charge is 1.00 e. The molecule has 1 unspecified atom stereocenters. The molecule has 2 nitrogen and oxygen atoms in total. The van der Waals surface area contributed by atoms with Gasteiger partial charge in [-0.2, -0.15) is 22.0 Å². The van der Waals surface area contributed by atoms with Gasteiger partial charge in [-0.15, -0.1) is 0 Å². The molecule has 0 bridgehead atoms. The second-order valence-corrected chi connectivity index (χ2v) is 2.98. The maximum atomic E-state index is 11.9. The van der Waals surface area contributed by atoms with Crippen LogP contribution in [0.4, 0.5) is 22.0 Å². The zero-order valence-corrected chi connectivity index (χ0v) is 9.35. The number of alkyl halides is 5. The van der Waals surface area contributed by atoms with Gasteiger partial charge in [0.15, 0.2) is 0 Å². The second kappa shape index (κ2) is 5.59. The molecule has 0 heterocycles. The molecule has 0 rings (SSSR count). The van der Waals surface area contributed by atoms with Gasteiger partial charge in [-0.25, -0.2) is 0 Å². The Hall–Kier alpha value is 0.760. The fraction of sp³-hybridized carbons (Fsp3) is 1.00. The average Bonchev–Trinajstić information content (AvgIpc) is 1.81. The van der Waals surface area contributed by atoms with Gasteiger partial charge in [0.1, 0.15) is 0 Å². The summed E-state index contributed by atoms with van der Waals surface area (Å²) < 4.78 is 77.1. The first kappa shape index (κ1) is 16.2. The van der Waals surface area contributed by atoms with E-state index in [0.29, 0.717) is 0 Å². The fourth-order valence-corrected chi connectivity index (χ4v) is 0.776. The van der Waals surface area contributed by atoms with Crippen molar-refractivity contribution in [2.75, 3.05) is 5.75 Å². The molecule has 0 aromatic heterocycles. The Bertz CT molecular complexity index is 182. The summed E-state index contributed by atoms with van der Waals surface area (Å²) in [6, 6.07) is 0. The van der Waals surface area contributed by atoms with Gasteiger partial charge in [0.2, 0.25) is 0 Å². The van der Waals surface area contributed by atoms with Crippen molar-refractivity contribution in [2.45, 2.75) is 18.5 Å². The van der Waals surface area contributed by atoms with E-state index >= 15 is 0 Å². The van der Waals surface area contributed by atoms with Crippen LogP contribution < -0.4 is 29.6 Å². The van der Waals surface area contributed by atoms with Crippen molar-refractivity contribution in [1.29, 1.82) is 0 Å². The molecule has 0 saturated carbocycles. The van der Waals surface area contributed by atoms with Crippen LogP contribution in [0.3, 0.4) is 0 Å². The average molecular weight is 234 g/mol. The van der Waals surface area contributed by atoms with Crippen LogP contribution in [0, 0.1) is 0 Å². The summed E-state index contributed by atoms with van der Waals surface area (Å²) in [5.41, 5.74) is 0. The first-order chi connectivity index (χ1) is 5.17. The Balaban J connectivity index is 0. The molecule has 0 aromatic rings. The van der Waals surface area contributed by atoms with Crippen LogP contribution in [0.5, 0.6) is 0 Å². The Labute approximate surface area is 95.5 Å². The molecule has 0 saturated heterocycles. The Kier molecular flexibility index (Phi) is 6.97. The van der Waals surface area contributed by atoms with E-state index < -0.39 is 35.4 Å². The summed E-state index contributed by atoms with van der Waals surface area (Å²) in [4.78, 5) is 0. The van der Waals surface area contributed by atoms with Gasteiger partial charge in [0.25, 0.3) is 0 Å². The minimum absolute atomic E-state index is 0. The van der Waals surface area contributed by atoms with Crippen LogP contribution in [-0.4, -0.2) is 26.6 Å². The van der Waals surface area contributed by atoms with Gasteiger partial charge in [0.05, 0.1) is 0 Å². The molecule has 13 heavy (non-hydrogen) atoms. The van der Waals surface area contributed by atoms with E-state index in [1.807, 2.05) is 0 Å². The number of hydrogen-bond donors (Lipinski definition) is 0. The Morgan fingerprint density at radius 2 is 1.54 bits per heavy atom. The molecule has 74 valence electrons. The molecule has 0 aliphatic carbocycles. The standard InChI is InChI=1S/C4H5F5O2S.Na/c5-3(6,4(7,8)9)1-2-12(10)11;/h1-2H2,(H,10,11);/q;+1/p-1. The third kappa shape index (κ3) is 5.95. The minimum atomic E-state index is -5.67. The predicted molar refractivity (Wildman–Crippen MR) is 29.4 cm³/mol. The monoisotopic (exact) mass is 234 g/mol. The second-order valence-electron chi connectivity index (χ2n) is 1.96. The van der Waals surface area contributed by atoms with E-state index in [0.717, 1.165) is 0 Å². The molecular weight excluding hydrogens is 230 g/mol. The summed E-state index contributed by atoms with van der Waals surface area (Å²) in [6.45, 7) is 0. The maximum Gasteiger partial charge on any atom is 1.00 e. The zero-order valence-electron chi connectivity index (χ0n) is 6.53. The normalized spacial score (nSPS) is 14.9. The van der Waals surface area contributed by atoms with E-state index in [1.165, 1.54) is 0 Å². The van der Waals surface area contributed by atoms with Gasteiger partial charge >= 0.3 is 41.7 Å². The van der Waals surface area contributed by atoms with Crippen LogP contribution >= 0.6 is 0 Å². The zero-order chi connectivity index (χ0) is 9.99. The quantitative estimate of drug-likeness (QED) is 0.337. The molecule has 0 aliphatic rings. The van der Waals surface area contributed by atoms with Gasteiger partial charge < -0.3 is 4.55 Å². The van der Waals surface area contributed by atoms with Crippen molar-refractivity contribution in [2.24, 2.45) is 0 Å². The number of rotatable bonds is 3. The third-order valence-corrected chi connectivity index (χ3v) is 1.53. The van der Waals surface area contributed by atoms with Crippen LogP contribution in [0.2, 0.25) is 0 Å². The van der Waals surface area contributed by atoms with E-state index in [9.17, 15) is 30.7 Å². The molecule has 0 aromatic carbocycles. The van der Waals surface area contributed by atoms with Crippen LogP contribution in [0.1, 0.15) is 6.42 Å². The molecule has 0 fully saturated rings. The van der Waals surface area contributed by atoms with Crippen LogP contribution in [0.25, 0.3) is 0 Å². The summed E-state index contributed by atoms with van der Waals surface area (Å²) in [7, 11) is 0. The van der Waals surface area contributed by atoms with Crippen molar-refractivity contribution >= 4 is 11.1 Å². The van der Waals surface area contributed by atoms with Crippen molar-refractivity contribution in [3.8, 4) is 0 Å². The van der Waals surface area contributed by atoms with Gasteiger partial charge in [-0.05, 0) is 0 Å². The fourth-order valence-electron chi connectivity index (χ4n) is 0.353. The van der Waals surface area contributed by atoms with Crippen LogP contribution in [0.15, 0.2) is 0 Å².